The first-order chi connectivity index (χ1) is 14.2. The van der Waals surface area contributed by atoms with Crippen LogP contribution in [0.5, 0.6) is 0 Å². The van der Waals surface area contributed by atoms with Gasteiger partial charge in [0.2, 0.25) is 0 Å². The Kier molecular flexibility index (Phi) is 4.87. The van der Waals surface area contributed by atoms with Gasteiger partial charge >= 0.3 is 0 Å². The van der Waals surface area contributed by atoms with E-state index in [1.807, 2.05) is 66.0 Å². The number of amides is 1. The number of hydrazone groups is 1. The van der Waals surface area contributed by atoms with Crippen molar-refractivity contribution in [3.8, 4) is 0 Å². The average molecular weight is 439 g/mol. The van der Waals surface area contributed by atoms with E-state index in [0.29, 0.717) is 21.6 Å². The Balaban J connectivity index is 1.55. The third-order valence-electron chi connectivity index (χ3n) is 4.64. The standard InChI is InChI=1S/C21H15ClN4OS2/c22-15-8-3-1-6-13(15)12-29-21-24-20(27)18-14-7-2-4-9-16(14)23-19(26(18)25-21)17-10-5-11-28-17/h1-11,19H,12H2,(H,24,25,27)/t19-/m1/s1. The Labute approximate surface area is 180 Å². The van der Waals surface area contributed by atoms with Crippen molar-refractivity contribution >= 4 is 51.5 Å². The van der Waals surface area contributed by atoms with Gasteiger partial charge in [-0.15, -0.1) is 16.4 Å². The second kappa shape index (κ2) is 7.67. The molecule has 2 aliphatic rings. The van der Waals surface area contributed by atoms with E-state index in [4.69, 9.17) is 21.7 Å². The topological polar surface area (TPSA) is 57.1 Å². The fourth-order valence-electron chi connectivity index (χ4n) is 3.28. The number of nitrogens with zero attached hydrogens (tertiary/aromatic N) is 3. The predicted octanol–water partition coefficient (Wildman–Crippen LogP) is 3.48. The number of benzene rings is 2. The minimum atomic E-state index is -0.359. The molecule has 2 aromatic carbocycles. The van der Waals surface area contributed by atoms with E-state index in [1.54, 1.807) is 16.3 Å². The van der Waals surface area contributed by atoms with Crippen LogP contribution < -0.4 is 15.9 Å². The highest BCUT2D eigenvalue weighted by Gasteiger charge is 2.34. The second-order valence-electron chi connectivity index (χ2n) is 6.47. The number of amidine groups is 1. The Morgan fingerprint density at radius 2 is 1.93 bits per heavy atom. The fraction of sp³-hybridized carbons (Fsp3) is 0.0952. The van der Waals surface area contributed by atoms with E-state index in [1.165, 1.54) is 11.8 Å². The van der Waals surface area contributed by atoms with Gasteiger partial charge < -0.3 is 0 Å². The molecule has 1 atom stereocenters. The van der Waals surface area contributed by atoms with Gasteiger partial charge in [0.15, 0.2) is 11.3 Å². The highest BCUT2D eigenvalue weighted by Crippen LogP contribution is 2.33. The fourth-order valence-corrected chi connectivity index (χ4v) is 5.16. The molecule has 144 valence electrons. The molecule has 8 heteroatoms. The molecule has 2 aliphatic heterocycles. The minimum absolute atomic E-state index is 0.175. The Morgan fingerprint density at radius 3 is 2.76 bits per heavy atom. The van der Waals surface area contributed by atoms with Crippen molar-refractivity contribution < 1.29 is 4.79 Å². The third kappa shape index (κ3) is 3.46. The van der Waals surface area contributed by atoms with Gasteiger partial charge in [0.25, 0.3) is 5.91 Å². The van der Waals surface area contributed by atoms with Crippen LogP contribution in [-0.4, -0.2) is 16.1 Å². The monoisotopic (exact) mass is 438 g/mol. The van der Waals surface area contributed by atoms with Crippen molar-refractivity contribution in [2.45, 2.75) is 11.9 Å². The van der Waals surface area contributed by atoms with E-state index >= 15 is 0 Å². The molecule has 3 aromatic rings. The predicted molar refractivity (Wildman–Crippen MR) is 118 cm³/mol. The lowest BCUT2D eigenvalue weighted by molar-refractivity contribution is -0.116. The Hall–Kier alpha value is -2.61. The second-order valence-corrected chi connectivity index (χ2v) is 8.82. The maximum absolute atomic E-state index is 13.0. The first-order valence-corrected chi connectivity index (χ1v) is 11.2. The largest absolute Gasteiger partial charge is 0.298 e. The third-order valence-corrected chi connectivity index (χ3v) is 6.83. The Morgan fingerprint density at radius 1 is 1.10 bits per heavy atom. The van der Waals surface area contributed by atoms with Gasteiger partial charge in [-0.2, -0.15) is 0 Å². The number of para-hydroxylation sites is 1. The molecule has 0 aliphatic carbocycles. The molecule has 0 saturated carbocycles. The van der Waals surface area contributed by atoms with Gasteiger partial charge in [-0.05, 0) is 29.1 Å². The maximum Gasteiger partial charge on any atom is 0.276 e. The summed E-state index contributed by atoms with van der Waals surface area (Å²) in [4.78, 5) is 19.0. The van der Waals surface area contributed by atoms with Crippen LogP contribution in [0.25, 0.3) is 5.70 Å². The number of hydrogen-bond acceptors (Lipinski definition) is 6. The molecule has 29 heavy (non-hydrogen) atoms. The normalized spacial score (nSPS) is 17.8. The number of carbonyl (C=O) groups is 1. The summed E-state index contributed by atoms with van der Waals surface area (Å²) in [6.45, 7) is 0. The minimum Gasteiger partial charge on any atom is -0.298 e. The van der Waals surface area contributed by atoms with Crippen molar-refractivity contribution in [3.05, 3.63) is 92.1 Å². The van der Waals surface area contributed by atoms with Crippen LogP contribution in [-0.2, 0) is 10.5 Å². The molecule has 0 spiro atoms. The molecule has 0 unspecified atom stereocenters. The average Bonchev–Trinajstić information content (AvgIpc) is 3.27. The molecule has 3 heterocycles. The lowest BCUT2D eigenvalue weighted by Crippen LogP contribution is -2.50. The lowest BCUT2D eigenvalue weighted by atomic mass is 10.1. The molecule has 0 saturated heterocycles. The molecule has 0 bridgehead atoms. The van der Waals surface area contributed by atoms with E-state index in [2.05, 4.69) is 5.32 Å². The first-order valence-electron chi connectivity index (χ1n) is 8.97. The summed E-state index contributed by atoms with van der Waals surface area (Å²) in [6, 6.07) is 19.3. The van der Waals surface area contributed by atoms with E-state index in [9.17, 15) is 4.79 Å². The Bertz CT molecular complexity index is 1240. The van der Waals surface area contributed by atoms with Crippen molar-refractivity contribution in [1.82, 2.24) is 10.3 Å². The van der Waals surface area contributed by atoms with Crippen molar-refractivity contribution in [2.24, 2.45) is 10.1 Å². The number of thiophene rings is 1. The summed E-state index contributed by atoms with van der Waals surface area (Å²) in [5.41, 5.74) is 1.52. The van der Waals surface area contributed by atoms with Crippen LogP contribution >= 0.6 is 34.7 Å². The number of nitrogens with one attached hydrogen (secondary N) is 1. The number of rotatable bonds is 3. The number of thioether (sulfide) groups is 1. The van der Waals surface area contributed by atoms with E-state index < -0.39 is 0 Å². The molecule has 1 amide bonds. The quantitative estimate of drug-likeness (QED) is 0.681. The SMILES string of the molecule is O=C1NC(SCc2ccccc2Cl)=NN2C1=c1ccccc1=N[C@H]2c1cccs1. The highest BCUT2D eigenvalue weighted by molar-refractivity contribution is 8.13. The van der Waals surface area contributed by atoms with Crippen molar-refractivity contribution in [1.29, 1.82) is 0 Å². The van der Waals surface area contributed by atoms with E-state index in [-0.39, 0.29) is 12.1 Å². The zero-order valence-corrected chi connectivity index (χ0v) is 17.5. The molecule has 0 radical (unpaired) electrons. The van der Waals surface area contributed by atoms with Crippen LogP contribution in [0.3, 0.4) is 0 Å². The molecule has 0 fully saturated rings. The van der Waals surface area contributed by atoms with Crippen LogP contribution in [0.2, 0.25) is 5.02 Å². The molecular weight excluding hydrogens is 424 g/mol. The van der Waals surface area contributed by atoms with Crippen LogP contribution in [0.1, 0.15) is 16.6 Å². The maximum atomic E-state index is 13.0. The summed E-state index contributed by atoms with van der Waals surface area (Å²) in [6.07, 6.45) is -0.359. The van der Waals surface area contributed by atoms with Crippen LogP contribution in [0.4, 0.5) is 0 Å². The van der Waals surface area contributed by atoms with Gasteiger partial charge in [-0.1, -0.05) is 65.8 Å². The summed E-state index contributed by atoms with van der Waals surface area (Å²) in [7, 11) is 0. The summed E-state index contributed by atoms with van der Waals surface area (Å²) < 4.78 is 0. The zero-order valence-electron chi connectivity index (χ0n) is 15.1. The van der Waals surface area contributed by atoms with Gasteiger partial charge in [-0.3, -0.25) is 15.1 Å². The first kappa shape index (κ1) is 18.4. The summed E-state index contributed by atoms with van der Waals surface area (Å²) in [5.74, 6) is 0.435. The summed E-state index contributed by atoms with van der Waals surface area (Å²) >= 11 is 9.31. The highest BCUT2D eigenvalue weighted by atomic mass is 35.5. The smallest absolute Gasteiger partial charge is 0.276 e. The number of halogens is 1. The van der Waals surface area contributed by atoms with Crippen molar-refractivity contribution in [2.75, 3.05) is 0 Å². The number of carbonyl (C=O) groups excluding carboxylic acids is 1. The van der Waals surface area contributed by atoms with Crippen LogP contribution in [0.15, 0.2) is 76.1 Å². The molecule has 1 aromatic heterocycles. The van der Waals surface area contributed by atoms with Gasteiger partial charge in [0, 0.05) is 16.0 Å². The van der Waals surface area contributed by atoms with Gasteiger partial charge in [0.1, 0.15) is 5.70 Å². The van der Waals surface area contributed by atoms with Crippen LogP contribution in [0, 0.1) is 0 Å². The molecule has 5 nitrogen and oxygen atoms in total. The molecule has 5 rings (SSSR count). The van der Waals surface area contributed by atoms with Crippen molar-refractivity contribution in [3.63, 3.8) is 0 Å². The number of fused-ring (bicyclic) bond motifs is 2. The van der Waals surface area contributed by atoms with Gasteiger partial charge in [0.05, 0.1) is 10.2 Å². The number of hydrogen-bond donors (Lipinski definition) is 1. The molecule has 1 N–H and O–H groups in total. The van der Waals surface area contributed by atoms with E-state index in [0.717, 1.165) is 21.0 Å². The summed E-state index contributed by atoms with van der Waals surface area (Å²) in [5, 5.41) is 14.2. The lowest BCUT2D eigenvalue weighted by Gasteiger charge is -2.33. The van der Waals surface area contributed by atoms with Gasteiger partial charge in [-0.25, -0.2) is 5.01 Å². The molecular formula is C21H15ClN4OS2. The zero-order chi connectivity index (χ0) is 19.8.